The molecule has 0 spiro atoms. The molecule has 1 amide bonds. The fourth-order valence-electron chi connectivity index (χ4n) is 2.33. The molecule has 1 aromatic heterocycles. The average Bonchev–Trinajstić information content (AvgIpc) is 2.66. The van der Waals surface area contributed by atoms with Crippen molar-refractivity contribution in [2.75, 3.05) is 17.2 Å². The van der Waals surface area contributed by atoms with Crippen molar-refractivity contribution in [3.05, 3.63) is 78.2 Å². The smallest absolute Gasteiger partial charge is 0.257 e. The van der Waals surface area contributed by atoms with Crippen molar-refractivity contribution in [1.29, 1.82) is 0 Å². The highest BCUT2D eigenvalue weighted by atomic mass is 19.1. The van der Waals surface area contributed by atoms with Crippen molar-refractivity contribution >= 4 is 23.1 Å². The Morgan fingerprint density at radius 3 is 2.54 bits per heavy atom. The molecule has 0 aliphatic heterocycles. The van der Waals surface area contributed by atoms with E-state index in [1.165, 1.54) is 30.5 Å². The summed E-state index contributed by atoms with van der Waals surface area (Å²) in [6.07, 6.45) is 1.48. The molecule has 5 nitrogen and oxygen atoms in total. The van der Waals surface area contributed by atoms with Crippen LogP contribution in [0.15, 0.2) is 66.9 Å². The van der Waals surface area contributed by atoms with E-state index in [1.54, 1.807) is 12.1 Å². The standard InChI is InChI=1S/C20H18FN3O2/c1-2-26-18-6-4-3-5-17(18)24-19-12-7-14(13-22-19)20(25)23-16-10-8-15(21)9-11-16/h3-13H,2H2,1H3,(H,22,24)(H,23,25). The number of para-hydroxylation sites is 2. The lowest BCUT2D eigenvalue weighted by atomic mass is 10.2. The van der Waals surface area contributed by atoms with Crippen molar-refractivity contribution in [2.45, 2.75) is 6.92 Å². The molecule has 0 fully saturated rings. The number of nitrogens with one attached hydrogen (secondary N) is 2. The Kier molecular flexibility index (Phi) is 5.43. The number of ether oxygens (including phenoxy) is 1. The summed E-state index contributed by atoms with van der Waals surface area (Å²) in [4.78, 5) is 16.5. The van der Waals surface area contributed by atoms with Crippen LogP contribution in [0.4, 0.5) is 21.6 Å². The molecule has 2 N–H and O–H groups in total. The summed E-state index contributed by atoms with van der Waals surface area (Å²) >= 11 is 0. The van der Waals surface area contributed by atoms with Crippen LogP contribution in [-0.2, 0) is 0 Å². The molecule has 0 atom stereocenters. The lowest BCUT2D eigenvalue weighted by Gasteiger charge is -2.12. The second kappa shape index (κ2) is 8.11. The van der Waals surface area contributed by atoms with Gasteiger partial charge in [-0.15, -0.1) is 0 Å². The highest BCUT2D eigenvalue weighted by Crippen LogP contribution is 2.26. The summed E-state index contributed by atoms with van der Waals surface area (Å²) in [5.74, 6) is 0.656. The molecule has 0 unspecified atom stereocenters. The van der Waals surface area contributed by atoms with E-state index in [4.69, 9.17) is 4.74 Å². The number of amides is 1. The molecule has 0 bridgehead atoms. The fourth-order valence-corrected chi connectivity index (χ4v) is 2.33. The monoisotopic (exact) mass is 351 g/mol. The normalized spacial score (nSPS) is 10.2. The number of rotatable bonds is 6. The Labute approximate surface area is 150 Å². The van der Waals surface area contributed by atoms with Gasteiger partial charge in [0.25, 0.3) is 5.91 Å². The van der Waals surface area contributed by atoms with Crippen LogP contribution in [0.3, 0.4) is 0 Å². The van der Waals surface area contributed by atoms with Crippen molar-refractivity contribution in [2.24, 2.45) is 0 Å². The van der Waals surface area contributed by atoms with Gasteiger partial charge in [0.15, 0.2) is 0 Å². The largest absolute Gasteiger partial charge is 0.492 e. The first-order valence-corrected chi connectivity index (χ1v) is 8.17. The average molecular weight is 351 g/mol. The lowest BCUT2D eigenvalue weighted by molar-refractivity contribution is 0.102. The number of anilines is 3. The minimum absolute atomic E-state index is 0.314. The summed E-state index contributed by atoms with van der Waals surface area (Å²) in [5, 5.41) is 5.86. The summed E-state index contributed by atoms with van der Waals surface area (Å²) in [6.45, 7) is 2.48. The first-order valence-electron chi connectivity index (χ1n) is 8.17. The van der Waals surface area contributed by atoms with Crippen molar-refractivity contribution < 1.29 is 13.9 Å². The van der Waals surface area contributed by atoms with Gasteiger partial charge in [-0.05, 0) is 55.5 Å². The highest BCUT2D eigenvalue weighted by Gasteiger charge is 2.08. The van der Waals surface area contributed by atoms with E-state index in [-0.39, 0.29) is 11.7 Å². The number of carbonyl (C=O) groups excluding carboxylic acids is 1. The quantitative estimate of drug-likeness (QED) is 0.680. The van der Waals surface area contributed by atoms with Gasteiger partial charge >= 0.3 is 0 Å². The van der Waals surface area contributed by atoms with Gasteiger partial charge in [-0.3, -0.25) is 4.79 Å². The third-order valence-electron chi connectivity index (χ3n) is 3.58. The van der Waals surface area contributed by atoms with Gasteiger partial charge in [-0.1, -0.05) is 12.1 Å². The summed E-state index contributed by atoms with van der Waals surface area (Å²) < 4.78 is 18.5. The van der Waals surface area contributed by atoms with Crippen LogP contribution in [0.1, 0.15) is 17.3 Å². The molecule has 6 heteroatoms. The number of carbonyl (C=O) groups is 1. The van der Waals surface area contributed by atoms with Crippen LogP contribution in [0.25, 0.3) is 0 Å². The van der Waals surface area contributed by atoms with Gasteiger partial charge in [0.05, 0.1) is 17.9 Å². The Balaban J connectivity index is 1.68. The van der Waals surface area contributed by atoms with Gasteiger partial charge in [-0.25, -0.2) is 9.37 Å². The molecule has 132 valence electrons. The Morgan fingerprint density at radius 1 is 1.08 bits per heavy atom. The van der Waals surface area contributed by atoms with E-state index in [2.05, 4.69) is 15.6 Å². The van der Waals surface area contributed by atoms with E-state index >= 15 is 0 Å². The highest BCUT2D eigenvalue weighted by molar-refractivity contribution is 6.04. The molecule has 0 aliphatic rings. The Morgan fingerprint density at radius 2 is 1.85 bits per heavy atom. The SMILES string of the molecule is CCOc1ccccc1Nc1ccc(C(=O)Nc2ccc(F)cc2)cn1. The van der Waals surface area contributed by atoms with Crippen molar-refractivity contribution in [1.82, 2.24) is 4.98 Å². The molecule has 2 aromatic carbocycles. The fraction of sp³-hybridized carbons (Fsp3) is 0.100. The second-order valence-electron chi connectivity index (χ2n) is 5.45. The zero-order valence-corrected chi connectivity index (χ0v) is 14.2. The first kappa shape index (κ1) is 17.4. The van der Waals surface area contributed by atoms with Gasteiger partial charge in [0.2, 0.25) is 0 Å². The Bertz CT molecular complexity index is 880. The minimum Gasteiger partial charge on any atom is -0.492 e. The van der Waals surface area contributed by atoms with E-state index in [9.17, 15) is 9.18 Å². The molecule has 0 saturated heterocycles. The topological polar surface area (TPSA) is 63.2 Å². The van der Waals surface area contributed by atoms with Crippen LogP contribution in [0, 0.1) is 5.82 Å². The maximum atomic E-state index is 12.9. The Hall–Kier alpha value is -3.41. The van der Waals surface area contributed by atoms with Crippen LogP contribution in [0.2, 0.25) is 0 Å². The predicted octanol–water partition coefficient (Wildman–Crippen LogP) is 4.62. The number of aromatic nitrogens is 1. The van der Waals surface area contributed by atoms with Gasteiger partial charge in [0.1, 0.15) is 17.4 Å². The molecule has 1 heterocycles. The van der Waals surface area contributed by atoms with Crippen LogP contribution in [0.5, 0.6) is 5.75 Å². The second-order valence-corrected chi connectivity index (χ2v) is 5.45. The summed E-state index contributed by atoms with van der Waals surface area (Å²) in [5.41, 5.74) is 1.72. The molecule has 0 aliphatic carbocycles. The first-order chi connectivity index (χ1) is 12.7. The number of hydrogen-bond acceptors (Lipinski definition) is 4. The number of halogens is 1. The minimum atomic E-state index is -0.354. The third kappa shape index (κ3) is 4.36. The molecule has 0 saturated carbocycles. The maximum Gasteiger partial charge on any atom is 0.257 e. The molecule has 0 radical (unpaired) electrons. The molecule has 3 rings (SSSR count). The van der Waals surface area contributed by atoms with Gasteiger partial charge < -0.3 is 15.4 Å². The van der Waals surface area contributed by atoms with Crippen LogP contribution >= 0.6 is 0 Å². The number of pyridine rings is 1. The molecular weight excluding hydrogens is 333 g/mol. The third-order valence-corrected chi connectivity index (χ3v) is 3.58. The zero-order valence-electron chi connectivity index (χ0n) is 14.2. The van der Waals surface area contributed by atoms with Crippen molar-refractivity contribution in [3.8, 4) is 5.75 Å². The lowest BCUT2D eigenvalue weighted by Crippen LogP contribution is -2.12. The van der Waals surface area contributed by atoms with Crippen LogP contribution in [-0.4, -0.2) is 17.5 Å². The number of benzene rings is 2. The maximum absolute atomic E-state index is 12.9. The van der Waals surface area contributed by atoms with Crippen LogP contribution < -0.4 is 15.4 Å². The predicted molar refractivity (Wildman–Crippen MR) is 99.5 cm³/mol. The van der Waals surface area contributed by atoms with E-state index in [1.807, 2.05) is 31.2 Å². The molecular formula is C20H18FN3O2. The van der Waals surface area contributed by atoms with E-state index in [0.717, 1.165) is 11.4 Å². The van der Waals surface area contributed by atoms with E-state index < -0.39 is 0 Å². The number of hydrogen-bond donors (Lipinski definition) is 2. The van der Waals surface area contributed by atoms with Gasteiger partial charge in [-0.2, -0.15) is 0 Å². The van der Waals surface area contributed by atoms with Crippen molar-refractivity contribution in [3.63, 3.8) is 0 Å². The van der Waals surface area contributed by atoms with Gasteiger partial charge in [0, 0.05) is 11.9 Å². The van der Waals surface area contributed by atoms with E-state index in [0.29, 0.717) is 23.7 Å². The molecule has 3 aromatic rings. The zero-order chi connectivity index (χ0) is 18.4. The summed E-state index contributed by atoms with van der Waals surface area (Å²) in [6, 6.07) is 16.5. The molecule has 26 heavy (non-hydrogen) atoms. The summed E-state index contributed by atoms with van der Waals surface area (Å²) in [7, 11) is 0. The number of nitrogens with zero attached hydrogens (tertiary/aromatic N) is 1.